The lowest BCUT2D eigenvalue weighted by atomic mass is 10.00. The third-order valence-electron chi connectivity index (χ3n) is 3.89. The van der Waals surface area contributed by atoms with E-state index < -0.39 is 5.97 Å². The number of likely N-dealkylation sites (tertiary alicyclic amines) is 1. The molecule has 90 valence electrons. The van der Waals surface area contributed by atoms with Crippen LogP contribution in [0.15, 0.2) is 11.6 Å². The molecule has 1 aliphatic heterocycles. The number of rotatable bonds is 3. The molecular weight excluding hydrogens is 206 g/mol. The number of aliphatic hydroxyl groups excluding tert-OH is 1. The summed E-state index contributed by atoms with van der Waals surface area (Å²) in [5, 5.41) is 18.5. The molecule has 1 saturated carbocycles. The molecule has 1 aliphatic carbocycles. The molecule has 4 nitrogen and oxygen atoms in total. The normalized spacial score (nSPS) is 35.4. The van der Waals surface area contributed by atoms with E-state index in [4.69, 9.17) is 5.11 Å². The summed E-state index contributed by atoms with van der Waals surface area (Å²) in [6, 6.07) is 0. The summed E-state index contributed by atoms with van der Waals surface area (Å²) < 4.78 is 0. The van der Waals surface area contributed by atoms with Gasteiger partial charge in [0.1, 0.15) is 0 Å². The second kappa shape index (κ2) is 4.55. The zero-order valence-electron chi connectivity index (χ0n) is 9.59. The van der Waals surface area contributed by atoms with Crippen LogP contribution in [-0.2, 0) is 4.79 Å². The minimum Gasteiger partial charge on any atom is -0.478 e. The highest BCUT2D eigenvalue weighted by molar-refractivity contribution is 5.85. The first-order valence-electron chi connectivity index (χ1n) is 5.88. The predicted molar refractivity (Wildman–Crippen MR) is 60.1 cm³/mol. The number of carboxylic acids is 1. The summed E-state index contributed by atoms with van der Waals surface area (Å²) in [7, 11) is 0. The topological polar surface area (TPSA) is 60.8 Å². The van der Waals surface area contributed by atoms with Crippen molar-refractivity contribution in [2.75, 3.05) is 19.6 Å². The van der Waals surface area contributed by atoms with E-state index in [0.29, 0.717) is 24.0 Å². The van der Waals surface area contributed by atoms with Crippen LogP contribution in [-0.4, -0.2) is 46.8 Å². The minimum absolute atomic E-state index is 0.139. The Bertz CT molecular complexity index is 313. The second-order valence-corrected chi connectivity index (χ2v) is 4.98. The monoisotopic (exact) mass is 225 g/mol. The van der Waals surface area contributed by atoms with Gasteiger partial charge in [-0.05, 0) is 25.7 Å². The van der Waals surface area contributed by atoms with Crippen molar-refractivity contribution in [2.24, 2.45) is 11.8 Å². The molecule has 3 unspecified atom stereocenters. The van der Waals surface area contributed by atoms with Crippen LogP contribution in [0.4, 0.5) is 0 Å². The Morgan fingerprint density at radius 3 is 2.81 bits per heavy atom. The maximum Gasteiger partial charge on any atom is 0.330 e. The maximum atomic E-state index is 10.6. The minimum atomic E-state index is -0.848. The third kappa shape index (κ3) is 2.28. The lowest BCUT2D eigenvalue weighted by molar-refractivity contribution is -0.132. The van der Waals surface area contributed by atoms with E-state index in [0.717, 1.165) is 25.9 Å². The Morgan fingerprint density at radius 2 is 2.19 bits per heavy atom. The molecule has 16 heavy (non-hydrogen) atoms. The van der Waals surface area contributed by atoms with E-state index in [9.17, 15) is 9.90 Å². The van der Waals surface area contributed by atoms with Crippen molar-refractivity contribution >= 4 is 5.97 Å². The standard InChI is InChI=1S/C12H19NO3/c1-8(12(15)16)4-5-13-6-9-2-3-11(14)10(9)7-13/h4,9-11,14H,2-3,5-7H2,1H3,(H,15,16). The van der Waals surface area contributed by atoms with Gasteiger partial charge >= 0.3 is 5.97 Å². The molecule has 4 heteroatoms. The number of hydrogen-bond acceptors (Lipinski definition) is 3. The average molecular weight is 225 g/mol. The van der Waals surface area contributed by atoms with Crippen molar-refractivity contribution in [1.29, 1.82) is 0 Å². The predicted octanol–water partition coefficient (Wildman–Crippen LogP) is 0.720. The van der Waals surface area contributed by atoms with Gasteiger partial charge in [-0.2, -0.15) is 0 Å². The summed E-state index contributed by atoms with van der Waals surface area (Å²) in [6.07, 6.45) is 3.67. The highest BCUT2D eigenvalue weighted by Gasteiger charge is 2.41. The quantitative estimate of drug-likeness (QED) is 0.695. The van der Waals surface area contributed by atoms with Crippen molar-refractivity contribution in [2.45, 2.75) is 25.9 Å². The fourth-order valence-electron chi connectivity index (χ4n) is 2.83. The van der Waals surface area contributed by atoms with Crippen LogP contribution >= 0.6 is 0 Å². The van der Waals surface area contributed by atoms with Gasteiger partial charge in [0, 0.05) is 31.1 Å². The SMILES string of the molecule is CC(=CCN1CC2CCC(O)C2C1)C(=O)O. The zero-order chi connectivity index (χ0) is 11.7. The number of carboxylic acid groups (broad SMARTS) is 1. The fraction of sp³-hybridized carbons (Fsp3) is 0.750. The Balaban J connectivity index is 1.86. The molecule has 0 aromatic carbocycles. The van der Waals surface area contributed by atoms with Crippen molar-refractivity contribution in [3.63, 3.8) is 0 Å². The van der Waals surface area contributed by atoms with Crippen LogP contribution < -0.4 is 0 Å². The Morgan fingerprint density at radius 1 is 1.44 bits per heavy atom. The number of nitrogens with zero attached hydrogens (tertiary/aromatic N) is 1. The number of carbonyl (C=O) groups is 1. The summed E-state index contributed by atoms with van der Waals surface area (Å²) in [4.78, 5) is 12.9. The highest BCUT2D eigenvalue weighted by Crippen LogP contribution is 2.37. The van der Waals surface area contributed by atoms with Gasteiger partial charge < -0.3 is 10.2 Å². The number of aliphatic hydroxyl groups is 1. The molecule has 0 bridgehead atoms. The van der Waals surface area contributed by atoms with Crippen molar-refractivity contribution in [3.8, 4) is 0 Å². The number of hydrogen-bond donors (Lipinski definition) is 2. The lowest BCUT2D eigenvalue weighted by Crippen LogP contribution is -2.25. The molecule has 1 heterocycles. The first-order chi connectivity index (χ1) is 7.58. The molecule has 0 spiro atoms. The molecule has 0 radical (unpaired) electrons. The zero-order valence-corrected chi connectivity index (χ0v) is 9.59. The smallest absolute Gasteiger partial charge is 0.330 e. The molecule has 2 aliphatic rings. The molecule has 0 aromatic rings. The van der Waals surface area contributed by atoms with E-state index in [1.165, 1.54) is 0 Å². The Hall–Kier alpha value is -0.870. The summed E-state index contributed by atoms with van der Waals surface area (Å²) >= 11 is 0. The van der Waals surface area contributed by atoms with Crippen LogP contribution in [0.25, 0.3) is 0 Å². The van der Waals surface area contributed by atoms with E-state index in [2.05, 4.69) is 4.90 Å². The first kappa shape index (κ1) is 11.6. The summed E-state index contributed by atoms with van der Waals surface area (Å²) in [5.41, 5.74) is 0.401. The van der Waals surface area contributed by atoms with E-state index in [1.807, 2.05) is 0 Å². The highest BCUT2D eigenvalue weighted by atomic mass is 16.4. The van der Waals surface area contributed by atoms with Crippen LogP contribution in [0.2, 0.25) is 0 Å². The molecule has 2 fully saturated rings. The molecule has 2 N–H and O–H groups in total. The molecule has 0 amide bonds. The van der Waals surface area contributed by atoms with Crippen molar-refractivity contribution in [1.82, 2.24) is 4.90 Å². The summed E-state index contributed by atoms with van der Waals surface area (Å²) in [5.74, 6) is 0.187. The molecule has 1 saturated heterocycles. The summed E-state index contributed by atoms with van der Waals surface area (Å²) in [6.45, 7) is 4.23. The van der Waals surface area contributed by atoms with Crippen LogP contribution in [0.1, 0.15) is 19.8 Å². The largest absolute Gasteiger partial charge is 0.478 e. The van der Waals surface area contributed by atoms with Gasteiger partial charge in [0.05, 0.1) is 6.10 Å². The third-order valence-corrected chi connectivity index (χ3v) is 3.89. The van der Waals surface area contributed by atoms with Crippen LogP contribution in [0, 0.1) is 11.8 Å². The van der Waals surface area contributed by atoms with Crippen LogP contribution in [0.3, 0.4) is 0 Å². The van der Waals surface area contributed by atoms with Gasteiger partial charge in [0.2, 0.25) is 0 Å². The molecular formula is C12H19NO3. The van der Waals surface area contributed by atoms with Gasteiger partial charge in [-0.3, -0.25) is 4.90 Å². The second-order valence-electron chi connectivity index (χ2n) is 4.98. The van der Waals surface area contributed by atoms with Gasteiger partial charge in [0.25, 0.3) is 0 Å². The van der Waals surface area contributed by atoms with Crippen molar-refractivity contribution < 1.29 is 15.0 Å². The number of fused-ring (bicyclic) bond motifs is 1. The van der Waals surface area contributed by atoms with Gasteiger partial charge in [-0.1, -0.05) is 6.08 Å². The fourth-order valence-corrected chi connectivity index (χ4v) is 2.83. The Labute approximate surface area is 95.6 Å². The molecule has 0 aromatic heterocycles. The molecule has 2 rings (SSSR count). The van der Waals surface area contributed by atoms with Crippen LogP contribution in [0.5, 0.6) is 0 Å². The first-order valence-corrected chi connectivity index (χ1v) is 5.88. The Kier molecular flexibility index (Phi) is 3.30. The van der Waals surface area contributed by atoms with Gasteiger partial charge in [-0.15, -0.1) is 0 Å². The maximum absolute atomic E-state index is 10.6. The van der Waals surface area contributed by atoms with E-state index in [1.54, 1.807) is 13.0 Å². The van der Waals surface area contributed by atoms with Gasteiger partial charge in [-0.25, -0.2) is 4.79 Å². The van der Waals surface area contributed by atoms with Gasteiger partial charge in [0.15, 0.2) is 0 Å². The number of aliphatic carboxylic acids is 1. The lowest BCUT2D eigenvalue weighted by Gasteiger charge is -2.15. The van der Waals surface area contributed by atoms with Crippen molar-refractivity contribution in [3.05, 3.63) is 11.6 Å². The van der Waals surface area contributed by atoms with E-state index in [-0.39, 0.29) is 6.10 Å². The molecule has 3 atom stereocenters. The van der Waals surface area contributed by atoms with E-state index >= 15 is 0 Å². The average Bonchev–Trinajstić information content (AvgIpc) is 2.77.